The third kappa shape index (κ3) is 1.83. The van der Waals surface area contributed by atoms with Gasteiger partial charge in [0, 0.05) is 10.4 Å². The van der Waals surface area contributed by atoms with Gasteiger partial charge in [-0.25, -0.2) is 0 Å². The predicted octanol–water partition coefficient (Wildman–Crippen LogP) is 5.22. The number of fused-ring (bicyclic) bond motifs is 1. The van der Waals surface area contributed by atoms with Crippen molar-refractivity contribution in [2.75, 3.05) is 0 Å². The molecular formula is C17H15Br. The number of halogens is 1. The number of allylic oxidation sites excluding steroid dienone is 1. The van der Waals surface area contributed by atoms with Gasteiger partial charge < -0.3 is 0 Å². The van der Waals surface area contributed by atoms with Crippen LogP contribution in [-0.2, 0) is 0 Å². The summed E-state index contributed by atoms with van der Waals surface area (Å²) in [6.45, 7) is 4.34. The van der Waals surface area contributed by atoms with Crippen LogP contribution < -0.4 is 0 Å². The van der Waals surface area contributed by atoms with E-state index in [0.717, 1.165) is 0 Å². The van der Waals surface area contributed by atoms with E-state index in [0.29, 0.717) is 5.92 Å². The molecule has 18 heavy (non-hydrogen) atoms. The summed E-state index contributed by atoms with van der Waals surface area (Å²) in [4.78, 5) is 0. The highest BCUT2D eigenvalue weighted by Gasteiger charge is 2.20. The lowest BCUT2D eigenvalue weighted by molar-refractivity contribution is 1.02. The van der Waals surface area contributed by atoms with E-state index < -0.39 is 0 Å². The Morgan fingerprint density at radius 1 is 0.944 bits per heavy atom. The molecule has 1 atom stereocenters. The molecule has 0 aliphatic heterocycles. The highest BCUT2D eigenvalue weighted by Crippen LogP contribution is 2.37. The lowest BCUT2D eigenvalue weighted by Gasteiger charge is -2.16. The van der Waals surface area contributed by atoms with Crippen LogP contribution in [0.4, 0.5) is 0 Å². The molecular weight excluding hydrogens is 284 g/mol. The number of benzene rings is 2. The van der Waals surface area contributed by atoms with E-state index in [-0.39, 0.29) is 0 Å². The monoisotopic (exact) mass is 298 g/mol. The van der Waals surface area contributed by atoms with Gasteiger partial charge in [0.05, 0.1) is 0 Å². The average Bonchev–Trinajstić information content (AvgIpc) is 2.78. The first-order valence-corrected chi connectivity index (χ1v) is 7.00. The van der Waals surface area contributed by atoms with Gasteiger partial charge in [0.2, 0.25) is 0 Å². The molecule has 90 valence electrons. The molecule has 0 amide bonds. The molecule has 0 nitrogen and oxygen atoms in total. The zero-order valence-corrected chi connectivity index (χ0v) is 12.2. The topological polar surface area (TPSA) is 0 Å². The number of hydrogen-bond donors (Lipinski definition) is 0. The van der Waals surface area contributed by atoms with E-state index in [1.807, 2.05) is 0 Å². The molecule has 0 fully saturated rings. The van der Waals surface area contributed by atoms with Crippen LogP contribution in [0, 0.1) is 13.8 Å². The number of hydrogen-bond acceptors (Lipinski definition) is 0. The van der Waals surface area contributed by atoms with Crippen molar-refractivity contribution in [1.29, 1.82) is 0 Å². The normalized spacial score (nSPS) is 16.9. The first-order valence-electron chi connectivity index (χ1n) is 6.20. The Bertz CT molecular complexity index is 638. The van der Waals surface area contributed by atoms with Gasteiger partial charge >= 0.3 is 0 Å². The van der Waals surface area contributed by atoms with Crippen LogP contribution in [0.15, 0.2) is 46.9 Å². The lowest BCUT2D eigenvalue weighted by atomic mass is 9.89. The first kappa shape index (κ1) is 11.7. The van der Waals surface area contributed by atoms with Crippen molar-refractivity contribution >= 4 is 22.0 Å². The zero-order chi connectivity index (χ0) is 12.7. The third-order valence-electron chi connectivity index (χ3n) is 3.68. The smallest absolute Gasteiger partial charge is 0.0281 e. The molecule has 0 heterocycles. The highest BCUT2D eigenvalue weighted by atomic mass is 79.9. The molecule has 0 saturated heterocycles. The standard InChI is InChI=1S/C17H15Br/c1-11-10-17(18)12(2)9-16(11)15-8-7-13-5-3-4-6-14(13)15/h3-10,15H,1-2H3. The largest absolute Gasteiger partial charge is 0.0720 e. The summed E-state index contributed by atoms with van der Waals surface area (Å²) < 4.78 is 1.19. The Morgan fingerprint density at radius 3 is 2.56 bits per heavy atom. The molecule has 1 aliphatic rings. The summed E-state index contributed by atoms with van der Waals surface area (Å²) in [5, 5.41) is 0. The van der Waals surface area contributed by atoms with Crippen molar-refractivity contribution in [3.63, 3.8) is 0 Å². The first-order chi connectivity index (χ1) is 8.66. The minimum absolute atomic E-state index is 0.410. The van der Waals surface area contributed by atoms with E-state index in [9.17, 15) is 0 Å². The summed E-state index contributed by atoms with van der Waals surface area (Å²) in [7, 11) is 0. The van der Waals surface area contributed by atoms with E-state index in [4.69, 9.17) is 0 Å². The van der Waals surface area contributed by atoms with E-state index >= 15 is 0 Å². The lowest BCUT2D eigenvalue weighted by Crippen LogP contribution is -1.99. The Labute approximate surface area is 116 Å². The molecule has 3 rings (SSSR count). The molecule has 1 heteroatoms. The van der Waals surface area contributed by atoms with Gasteiger partial charge in [-0.3, -0.25) is 0 Å². The Kier molecular flexibility index (Phi) is 2.87. The summed E-state index contributed by atoms with van der Waals surface area (Å²) in [6, 6.07) is 13.2. The summed E-state index contributed by atoms with van der Waals surface area (Å²) in [6.07, 6.45) is 4.54. The fourth-order valence-electron chi connectivity index (χ4n) is 2.66. The highest BCUT2D eigenvalue weighted by molar-refractivity contribution is 9.10. The van der Waals surface area contributed by atoms with Gasteiger partial charge in [-0.05, 0) is 47.7 Å². The number of aryl methyl sites for hydroxylation is 2. The summed E-state index contributed by atoms with van der Waals surface area (Å²) in [5.41, 5.74) is 6.83. The third-order valence-corrected chi connectivity index (χ3v) is 4.54. The molecule has 1 aliphatic carbocycles. The van der Waals surface area contributed by atoms with Crippen LogP contribution in [0.3, 0.4) is 0 Å². The van der Waals surface area contributed by atoms with Crippen LogP contribution >= 0.6 is 15.9 Å². The Morgan fingerprint density at radius 2 is 1.72 bits per heavy atom. The molecule has 0 aromatic heterocycles. The van der Waals surface area contributed by atoms with Crippen LogP contribution in [-0.4, -0.2) is 0 Å². The van der Waals surface area contributed by atoms with Crippen molar-refractivity contribution in [2.45, 2.75) is 19.8 Å². The second-order valence-electron chi connectivity index (χ2n) is 4.92. The van der Waals surface area contributed by atoms with Gasteiger partial charge in [0.25, 0.3) is 0 Å². The van der Waals surface area contributed by atoms with Crippen molar-refractivity contribution in [1.82, 2.24) is 0 Å². The summed E-state index contributed by atoms with van der Waals surface area (Å²) in [5.74, 6) is 0.410. The van der Waals surface area contributed by atoms with Crippen molar-refractivity contribution in [3.05, 3.63) is 74.8 Å². The summed E-state index contributed by atoms with van der Waals surface area (Å²) >= 11 is 3.60. The molecule has 2 aromatic rings. The Hall–Kier alpha value is -1.34. The molecule has 1 unspecified atom stereocenters. The molecule has 0 radical (unpaired) electrons. The molecule has 0 spiro atoms. The van der Waals surface area contributed by atoms with Gasteiger partial charge in [-0.15, -0.1) is 0 Å². The maximum atomic E-state index is 3.60. The maximum absolute atomic E-state index is 3.60. The average molecular weight is 299 g/mol. The van der Waals surface area contributed by atoms with Crippen molar-refractivity contribution in [3.8, 4) is 0 Å². The molecule has 0 bridgehead atoms. The minimum atomic E-state index is 0.410. The van der Waals surface area contributed by atoms with Crippen LogP contribution in [0.1, 0.15) is 33.7 Å². The van der Waals surface area contributed by atoms with Gasteiger partial charge in [-0.1, -0.05) is 58.4 Å². The van der Waals surface area contributed by atoms with Crippen molar-refractivity contribution in [2.24, 2.45) is 0 Å². The van der Waals surface area contributed by atoms with Crippen LogP contribution in [0.2, 0.25) is 0 Å². The molecule has 2 aromatic carbocycles. The maximum Gasteiger partial charge on any atom is 0.0281 e. The second kappa shape index (κ2) is 4.40. The van der Waals surface area contributed by atoms with Crippen LogP contribution in [0.25, 0.3) is 6.08 Å². The number of rotatable bonds is 1. The fourth-order valence-corrected chi connectivity index (χ4v) is 3.12. The van der Waals surface area contributed by atoms with Crippen molar-refractivity contribution < 1.29 is 0 Å². The molecule has 0 N–H and O–H groups in total. The van der Waals surface area contributed by atoms with E-state index in [1.54, 1.807) is 0 Å². The zero-order valence-electron chi connectivity index (χ0n) is 10.6. The van der Waals surface area contributed by atoms with Gasteiger partial charge in [-0.2, -0.15) is 0 Å². The quantitative estimate of drug-likeness (QED) is 0.677. The van der Waals surface area contributed by atoms with Crippen LogP contribution in [0.5, 0.6) is 0 Å². The second-order valence-corrected chi connectivity index (χ2v) is 5.78. The predicted molar refractivity (Wildman–Crippen MR) is 80.9 cm³/mol. The Balaban J connectivity index is 2.13. The molecule has 0 saturated carbocycles. The van der Waals surface area contributed by atoms with Gasteiger partial charge in [0.1, 0.15) is 0 Å². The minimum Gasteiger partial charge on any atom is -0.0720 e. The SMILES string of the molecule is Cc1cc(C2C=Cc3ccccc32)c(C)cc1Br. The van der Waals surface area contributed by atoms with E-state index in [2.05, 4.69) is 78.3 Å². The van der Waals surface area contributed by atoms with E-state index in [1.165, 1.54) is 32.3 Å². The van der Waals surface area contributed by atoms with Gasteiger partial charge in [0.15, 0.2) is 0 Å². The fraction of sp³-hybridized carbons (Fsp3) is 0.176.